The van der Waals surface area contributed by atoms with E-state index in [1.54, 1.807) is 24.3 Å². The minimum absolute atomic E-state index is 0.0266. The van der Waals surface area contributed by atoms with Crippen LogP contribution in [-0.4, -0.2) is 77.3 Å². The maximum Gasteiger partial charge on any atom is 0.337 e. The number of carbonyl (C=O) groups excluding carboxylic acids is 2. The number of ether oxygens (including phenoxy) is 4. The van der Waals surface area contributed by atoms with E-state index >= 15 is 0 Å². The lowest BCUT2D eigenvalue weighted by Gasteiger charge is -2.32. The van der Waals surface area contributed by atoms with Crippen LogP contribution in [0.4, 0.5) is 4.39 Å². The third-order valence-corrected chi connectivity index (χ3v) is 9.85. The van der Waals surface area contributed by atoms with Crippen molar-refractivity contribution in [2.45, 2.75) is 63.8 Å². The Bertz CT molecular complexity index is 1770. The van der Waals surface area contributed by atoms with Crippen molar-refractivity contribution in [1.29, 1.82) is 0 Å². The highest BCUT2D eigenvalue weighted by Gasteiger charge is 2.27. The van der Waals surface area contributed by atoms with Gasteiger partial charge in [-0.1, -0.05) is 18.2 Å². The second kappa shape index (κ2) is 14.5. The van der Waals surface area contributed by atoms with Gasteiger partial charge in [0.2, 0.25) is 5.88 Å². The second-order valence-electron chi connectivity index (χ2n) is 12.9. The second-order valence-corrected chi connectivity index (χ2v) is 12.9. The summed E-state index contributed by atoms with van der Waals surface area (Å²) in [4.78, 5) is 37.2. The molecule has 1 atom stereocenters. The van der Waals surface area contributed by atoms with E-state index in [4.69, 9.17) is 28.9 Å². The number of hydrogen-bond acceptors (Lipinski definition) is 9. The number of halogens is 1. The number of benzene rings is 2. The van der Waals surface area contributed by atoms with Gasteiger partial charge in [0.1, 0.15) is 18.2 Å². The molecule has 3 fully saturated rings. The first-order valence-corrected chi connectivity index (χ1v) is 16.9. The number of carbonyl (C=O) groups is 2. The number of imidazole rings is 1. The topological polar surface area (TPSA) is 105 Å². The van der Waals surface area contributed by atoms with Crippen molar-refractivity contribution in [3.8, 4) is 5.88 Å². The smallest absolute Gasteiger partial charge is 0.337 e. The molecule has 3 aliphatic heterocycles. The molecule has 0 N–H and O–H groups in total. The van der Waals surface area contributed by atoms with Crippen LogP contribution < -0.4 is 4.74 Å². The molecule has 0 saturated carbocycles. The van der Waals surface area contributed by atoms with Crippen LogP contribution in [0.1, 0.15) is 75.8 Å². The molecule has 11 heteroatoms. The van der Waals surface area contributed by atoms with Crippen molar-refractivity contribution < 1.29 is 32.9 Å². The normalized spacial score (nSPS) is 19.2. The van der Waals surface area contributed by atoms with Crippen molar-refractivity contribution >= 4 is 22.8 Å². The summed E-state index contributed by atoms with van der Waals surface area (Å²) in [6.07, 6.45) is 4.38. The van der Waals surface area contributed by atoms with E-state index in [2.05, 4.69) is 9.47 Å². The Morgan fingerprint density at radius 1 is 0.938 bits per heavy atom. The first kappa shape index (κ1) is 32.4. The van der Waals surface area contributed by atoms with E-state index in [0.717, 1.165) is 61.5 Å². The average Bonchev–Trinajstić information content (AvgIpc) is 3.45. The summed E-state index contributed by atoms with van der Waals surface area (Å²) in [5.41, 5.74) is 4.02. The number of pyridine rings is 1. The lowest BCUT2D eigenvalue weighted by atomic mass is 9.90. The van der Waals surface area contributed by atoms with E-state index < -0.39 is 5.82 Å². The Hall–Kier alpha value is -4.19. The Morgan fingerprint density at radius 3 is 2.46 bits per heavy atom. The lowest BCUT2D eigenvalue weighted by molar-refractivity contribution is -0.0592. The van der Waals surface area contributed by atoms with Crippen molar-refractivity contribution in [3.63, 3.8) is 0 Å². The van der Waals surface area contributed by atoms with E-state index in [0.29, 0.717) is 61.7 Å². The van der Waals surface area contributed by atoms with Gasteiger partial charge in [-0.15, -0.1) is 0 Å². The van der Waals surface area contributed by atoms with Gasteiger partial charge in [0, 0.05) is 54.5 Å². The maximum atomic E-state index is 15.0. The molecule has 1 unspecified atom stereocenters. The number of ketones is 1. The average molecular weight is 657 g/mol. The van der Waals surface area contributed by atoms with E-state index in [9.17, 15) is 14.0 Å². The summed E-state index contributed by atoms with van der Waals surface area (Å²) >= 11 is 0. The van der Waals surface area contributed by atoms with Crippen molar-refractivity contribution in [2.75, 3.05) is 40.0 Å². The summed E-state index contributed by atoms with van der Waals surface area (Å²) < 4.78 is 39.1. The van der Waals surface area contributed by atoms with Crippen LogP contribution in [0.2, 0.25) is 0 Å². The summed E-state index contributed by atoms with van der Waals surface area (Å²) in [5, 5.41) is 0. The minimum atomic E-state index is -0.450. The molecule has 2 aromatic heterocycles. The number of rotatable bonds is 11. The Balaban J connectivity index is 0.964. The largest absolute Gasteiger partial charge is 0.473 e. The van der Waals surface area contributed by atoms with Crippen LogP contribution in [0.15, 0.2) is 54.6 Å². The molecular formula is C37H41FN4O6. The maximum absolute atomic E-state index is 15.0. The number of nitrogens with zero attached hydrogens (tertiary/aromatic N) is 4. The molecule has 0 radical (unpaired) electrons. The molecule has 0 bridgehead atoms. The molecule has 2 aromatic carbocycles. The molecule has 4 aromatic rings. The monoisotopic (exact) mass is 656 g/mol. The molecular weight excluding hydrogens is 615 g/mol. The highest BCUT2D eigenvalue weighted by atomic mass is 19.1. The van der Waals surface area contributed by atoms with Crippen molar-refractivity contribution in [2.24, 2.45) is 5.92 Å². The Morgan fingerprint density at radius 2 is 1.73 bits per heavy atom. The highest BCUT2D eigenvalue weighted by molar-refractivity contribution is 5.98. The molecule has 48 heavy (non-hydrogen) atoms. The SMILES string of the molecule is COC(=O)c1ccc2nc(CN3CCC(c4cccc(OCc5ccc(C(=O)C6CCOCC6)cc5F)n4)CC3)n(CC3CCO3)c2c1. The summed E-state index contributed by atoms with van der Waals surface area (Å²) in [5.74, 6) is 0.739. The molecule has 0 spiro atoms. The molecule has 7 rings (SSSR count). The summed E-state index contributed by atoms with van der Waals surface area (Å²) in [6, 6.07) is 15.9. The third kappa shape index (κ3) is 7.13. The predicted octanol–water partition coefficient (Wildman–Crippen LogP) is 5.71. The van der Waals surface area contributed by atoms with Gasteiger partial charge in [-0.05, 0) is 75.5 Å². The molecule has 3 saturated heterocycles. The van der Waals surface area contributed by atoms with Gasteiger partial charge in [-0.25, -0.2) is 19.2 Å². The fourth-order valence-corrected chi connectivity index (χ4v) is 6.86. The lowest BCUT2D eigenvalue weighted by Crippen LogP contribution is -2.35. The van der Waals surface area contributed by atoms with Gasteiger partial charge < -0.3 is 23.5 Å². The van der Waals surface area contributed by atoms with Crippen molar-refractivity contribution in [1.82, 2.24) is 19.4 Å². The van der Waals surface area contributed by atoms with Crippen LogP contribution in [0, 0.1) is 11.7 Å². The first-order valence-electron chi connectivity index (χ1n) is 16.9. The zero-order valence-electron chi connectivity index (χ0n) is 27.2. The van der Waals surface area contributed by atoms with Gasteiger partial charge in [0.25, 0.3) is 0 Å². The van der Waals surface area contributed by atoms with E-state index in [1.807, 2.05) is 24.3 Å². The molecule has 252 valence electrons. The van der Waals surface area contributed by atoms with Crippen LogP contribution in [0.25, 0.3) is 11.0 Å². The van der Waals surface area contributed by atoms with Crippen LogP contribution >= 0.6 is 0 Å². The molecule has 0 aliphatic carbocycles. The fourth-order valence-electron chi connectivity index (χ4n) is 6.86. The molecule has 10 nitrogen and oxygen atoms in total. The van der Waals surface area contributed by atoms with Crippen molar-refractivity contribution in [3.05, 3.63) is 88.6 Å². The summed E-state index contributed by atoms with van der Waals surface area (Å²) in [6.45, 7) is 5.11. The minimum Gasteiger partial charge on any atom is -0.473 e. The van der Waals surface area contributed by atoms with Crippen LogP contribution in [0.3, 0.4) is 0 Å². The standard InChI is InChI=1S/C37H41FN4O6/c1-45-37(44)27-7-8-32-33(20-27)42(21-29-13-18-47-29)34(39-32)22-41-14-9-24(10-15-41)31-3-2-4-35(40-31)48-23-28-6-5-26(19-30(28)38)36(43)25-11-16-46-17-12-25/h2-8,19-20,24-25,29H,9-18,21-23H2,1H3. The number of aromatic nitrogens is 3. The number of fused-ring (bicyclic) bond motifs is 1. The Labute approximate surface area is 279 Å². The molecule has 0 amide bonds. The van der Waals surface area contributed by atoms with Crippen LogP contribution in [0.5, 0.6) is 5.88 Å². The predicted molar refractivity (Wildman–Crippen MR) is 176 cm³/mol. The van der Waals surface area contributed by atoms with Gasteiger partial charge >= 0.3 is 5.97 Å². The molecule has 3 aliphatic rings. The van der Waals surface area contributed by atoms with Gasteiger partial charge in [0.15, 0.2) is 5.78 Å². The number of piperidine rings is 1. The summed E-state index contributed by atoms with van der Waals surface area (Å²) in [7, 11) is 1.39. The number of Topliss-reactive ketones (excluding diaryl/α,β-unsaturated/α-hetero) is 1. The highest BCUT2D eigenvalue weighted by Crippen LogP contribution is 2.30. The zero-order chi connectivity index (χ0) is 33.0. The van der Waals surface area contributed by atoms with E-state index in [-0.39, 0.29) is 36.3 Å². The number of likely N-dealkylation sites (tertiary alicyclic amines) is 1. The number of methoxy groups -OCH3 is 1. The number of esters is 1. The van der Waals surface area contributed by atoms with Gasteiger partial charge in [-0.2, -0.15) is 0 Å². The van der Waals surface area contributed by atoms with Gasteiger partial charge in [0.05, 0.1) is 42.9 Å². The fraction of sp³-hybridized carbons (Fsp3) is 0.459. The zero-order valence-corrected chi connectivity index (χ0v) is 27.2. The first-order chi connectivity index (χ1) is 23.4. The quantitative estimate of drug-likeness (QED) is 0.148. The molecule has 5 heterocycles. The van der Waals surface area contributed by atoms with Crippen LogP contribution in [-0.2, 0) is 33.9 Å². The van der Waals surface area contributed by atoms with Gasteiger partial charge in [-0.3, -0.25) is 9.69 Å². The third-order valence-electron chi connectivity index (χ3n) is 9.85. The Kier molecular flexibility index (Phi) is 9.78. The van der Waals surface area contributed by atoms with E-state index in [1.165, 1.54) is 13.2 Å². The number of hydrogen-bond donors (Lipinski definition) is 0.